The molecule has 0 aromatic heterocycles. The summed E-state index contributed by atoms with van der Waals surface area (Å²) in [4.78, 5) is 13.6. The third-order valence-corrected chi connectivity index (χ3v) is 3.70. The molecular weight excluding hydrogens is 268 g/mol. The van der Waals surface area contributed by atoms with Gasteiger partial charge in [0.25, 0.3) is 0 Å². The summed E-state index contributed by atoms with van der Waals surface area (Å²) in [7, 11) is 1.38. The first kappa shape index (κ1) is 15.5. The van der Waals surface area contributed by atoms with Crippen molar-refractivity contribution in [1.82, 2.24) is 4.90 Å². The molecule has 5 nitrogen and oxygen atoms in total. The number of morpholine rings is 1. The number of carbonyl (C=O) groups is 1. The molecule has 0 spiro atoms. The summed E-state index contributed by atoms with van der Waals surface area (Å²) >= 11 is 0. The van der Waals surface area contributed by atoms with Crippen molar-refractivity contribution >= 4 is 5.97 Å². The van der Waals surface area contributed by atoms with Gasteiger partial charge in [-0.2, -0.15) is 5.26 Å². The van der Waals surface area contributed by atoms with Crippen LogP contribution in [0.4, 0.5) is 0 Å². The van der Waals surface area contributed by atoms with E-state index in [1.165, 1.54) is 7.11 Å². The molecule has 2 unspecified atom stereocenters. The molecule has 0 bridgehead atoms. The Hall–Kier alpha value is -1.90. The lowest BCUT2D eigenvalue weighted by atomic mass is 10.0. The second-order valence-corrected chi connectivity index (χ2v) is 5.06. The van der Waals surface area contributed by atoms with Crippen molar-refractivity contribution < 1.29 is 14.3 Å². The molecule has 0 N–H and O–H groups in total. The van der Waals surface area contributed by atoms with Crippen LogP contribution in [0.25, 0.3) is 0 Å². The molecule has 21 heavy (non-hydrogen) atoms. The number of carbonyl (C=O) groups excluding carboxylic acids is 1. The molecule has 5 heteroatoms. The highest BCUT2D eigenvalue weighted by Gasteiger charge is 2.28. The van der Waals surface area contributed by atoms with E-state index in [0.29, 0.717) is 19.6 Å². The van der Waals surface area contributed by atoms with Crippen molar-refractivity contribution in [3.05, 3.63) is 35.9 Å². The summed E-state index contributed by atoms with van der Waals surface area (Å²) in [6.45, 7) is 1.96. The SMILES string of the molecule is COC(=O)CC1CN(C(CC#N)c2ccccc2)CCO1. The lowest BCUT2D eigenvalue weighted by molar-refractivity contribution is -0.146. The topological polar surface area (TPSA) is 62.6 Å². The van der Waals surface area contributed by atoms with Crippen molar-refractivity contribution in [1.29, 1.82) is 5.26 Å². The normalized spacial score (nSPS) is 20.5. The molecule has 2 atom stereocenters. The number of nitriles is 1. The first-order valence-corrected chi connectivity index (χ1v) is 7.09. The minimum atomic E-state index is -0.265. The molecule has 0 radical (unpaired) electrons. The first-order chi connectivity index (χ1) is 10.2. The van der Waals surface area contributed by atoms with Crippen LogP contribution < -0.4 is 0 Å². The zero-order chi connectivity index (χ0) is 15.1. The van der Waals surface area contributed by atoms with Crippen molar-refractivity contribution in [2.75, 3.05) is 26.8 Å². The van der Waals surface area contributed by atoms with Crippen LogP contribution >= 0.6 is 0 Å². The second kappa shape index (κ2) is 7.77. The highest BCUT2D eigenvalue weighted by Crippen LogP contribution is 2.26. The number of nitrogens with zero attached hydrogens (tertiary/aromatic N) is 2. The van der Waals surface area contributed by atoms with Gasteiger partial charge in [-0.3, -0.25) is 9.69 Å². The van der Waals surface area contributed by atoms with E-state index in [1.54, 1.807) is 0 Å². The van der Waals surface area contributed by atoms with Gasteiger partial charge in [0, 0.05) is 19.1 Å². The fourth-order valence-electron chi connectivity index (χ4n) is 2.64. The van der Waals surface area contributed by atoms with Crippen LogP contribution in [-0.2, 0) is 14.3 Å². The van der Waals surface area contributed by atoms with Gasteiger partial charge in [-0.15, -0.1) is 0 Å². The smallest absolute Gasteiger partial charge is 0.308 e. The molecule has 0 saturated carbocycles. The number of methoxy groups -OCH3 is 1. The third kappa shape index (κ3) is 4.28. The highest BCUT2D eigenvalue weighted by atomic mass is 16.5. The number of ether oxygens (including phenoxy) is 2. The number of esters is 1. The number of rotatable bonds is 5. The maximum absolute atomic E-state index is 11.4. The average Bonchev–Trinajstić information content (AvgIpc) is 2.53. The Labute approximate surface area is 125 Å². The lowest BCUT2D eigenvalue weighted by Gasteiger charge is -2.37. The molecule has 1 aliphatic heterocycles. The Morgan fingerprint density at radius 3 is 2.95 bits per heavy atom. The number of hydrogen-bond donors (Lipinski definition) is 0. The molecular formula is C16H20N2O3. The average molecular weight is 288 g/mol. The summed E-state index contributed by atoms with van der Waals surface area (Å²) in [6.07, 6.45) is 0.506. The van der Waals surface area contributed by atoms with E-state index in [0.717, 1.165) is 12.1 Å². The van der Waals surface area contributed by atoms with Gasteiger partial charge in [0.15, 0.2) is 0 Å². The highest BCUT2D eigenvalue weighted by molar-refractivity contribution is 5.69. The fraction of sp³-hybridized carbons (Fsp3) is 0.500. The van der Waals surface area contributed by atoms with Crippen molar-refractivity contribution in [3.8, 4) is 6.07 Å². The molecule has 1 saturated heterocycles. The van der Waals surface area contributed by atoms with Gasteiger partial charge in [-0.1, -0.05) is 30.3 Å². The zero-order valence-corrected chi connectivity index (χ0v) is 12.2. The number of benzene rings is 1. The van der Waals surface area contributed by atoms with Crippen molar-refractivity contribution in [3.63, 3.8) is 0 Å². The van der Waals surface area contributed by atoms with E-state index >= 15 is 0 Å². The summed E-state index contributed by atoms with van der Waals surface area (Å²) < 4.78 is 10.3. The van der Waals surface area contributed by atoms with Gasteiger partial charge < -0.3 is 9.47 Å². The van der Waals surface area contributed by atoms with E-state index in [1.807, 2.05) is 30.3 Å². The van der Waals surface area contributed by atoms with Gasteiger partial charge in [0.2, 0.25) is 0 Å². The largest absolute Gasteiger partial charge is 0.469 e. The Bertz CT molecular complexity index is 498. The molecule has 1 aromatic rings. The summed E-state index contributed by atoms with van der Waals surface area (Å²) in [5.74, 6) is -0.265. The zero-order valence-electron chi connectivity index (χ0n) is 12.2. The second-order valence-electron chi connectivity index (χ2n) is 5.06. The van der Waals surface area contributed by atoms with Gasteiger partial charge in [-0.25, -0.2) is 0 Å². The summed E-state index contributed by atoms with van der Waals surface area (Å²) in [5.41, 5.74) is 1.12. The maximum Gasteiger partial charge on any atom is 0.308 e. The predicted octanol–water partition coefficient (Wildman–Crippen LogP) is 1.91. The van der Waals surface area contributed by atoms with Crippen LogP contribution in [0, 0.1) is 11.3 Å². The van der Waals surface area contributed by atoms with E-state index in [9.17, 15) is 4.79 Å². The fourth-order valence-corrected chi connectivity index (χ4v) is 2.64. The quantitative estimate of drug-likeness (QED) is 0.774. The van der Waals surface area contributed by atoms with Crippen LogP contribution in [0.2, 0.25) is 0 Å². The molecule has 112 valence electrons. The van der Waals surface area contributed by atoms with Crippen LogP contribution in [0.15, 0.2) is 30.3 Å². The molecule has 1 fully saturated rings. The Balaban J connectivity index is 2.06. The Morgan fingerprint density at radius 1 is 1.52 bits per heavy atom. The molecule has 0 amide bonds. The monoisotopic (exact) mass is 288 g/mol. The van der Waals surface area contributed by atoms with Gasteiger partial charge in [0.1, 0.15) is 0 Å². The van der Waals surface area contributed by atoms with E-state index in [2.05, 4.69) is 11.0 Å². The lowest BCUT2D eigenvalue weighted by Crippen LogP contribution is -2.45. The minimum Gasteiger partial charge on any atom is -0.469 e. The third-order valence-electron chi connectivity index (χ3n) is 3.70. The first-order valence-electron chi connectivity index (χ1n) is 7.09. The van der Waals surface area contributed by atoms with Gasteiger partial charge in [0.05, 0.1) is 38.7 Å². The van der Waals surface area contributed by atoms with E-state index < -0.39 is 0 Å². The summed E-state index contributed by atoms with van der Waals surface area (Å²) in [6, 6.07) is 12.3. The van der Waals surface area contributed by atoms with Crippen LogP contribution in [0.1, 0.15) is 24.4 Å². The van der Waals surface area contributed by atoms with Crippen LogP contribution in [-0.4, -0.2) is 43.8 Å². The Morgan fingerprint density at radius 2 is 2.29 bits per heavy atom. The molecule has 2 rings (SSSR count). The van der Waals surface area contributed by atoms with Gasteiger partial charge >= 0.3 is 5.97 Å². The van der Waals surface area contributed by atoms with Gasteiger partial charge in [-0.05, 0) is 5.56 Å². The van der Waals surface area contributed by atoms with E-state index in [-0.39, 0.29) is 24.5 Å². The Kier molecular flexibility index (Phi) is 5.73. The standard InChI is InChI=1S/C16H20N2O3/c1-20-16(19)11-14-12-18(9-10-21-14)15(7-8-17)13-5-3-2-4-6-13/h2-6,14-15H,7,9-12H2,1H3. The van der Waals surface area contributed by atoms with Crippen LogP contribution in [0.3, 0.4) is 0 Å². The number of hydrogen-bond acceptors (Lipinski definition) is 5. The molecule has 1 aliphatic rings. The van der Waals surface area contributed by atoms with Crippen molar-refractivity contribution in [2.24, 2.45) is 0 Å². The molecule has 1 heterocycles. The van der Waals surface area contributed by atoms with E-state index in [4.69, 9.17) is 14.7 Å². The molecule has 0 aliphatic carbocycles. The minimum absolute atomic E-state index is 0.0419. The maximum atomic E-state index is 11.4. The summed E-state index contributed by atoms with van der Waals surface area (Å²) in [5, 5.41) is 9.10. The van der Waals surface area contributed by atoms with Crippen LogP contribution in [0.5, 0.6) is 0 Å². The predicted molar refractivity (Wildman–Crippen MR) is 77.4 cm³/mol. The van der Waals surface area contributed by atoms with Crippen molar-refractivity contribution in [2.45, 2.75) is 25.0 Å². The molecule has 1 aromatic carbocycles.